The highest BCUT2D eigenvalue weighted by Crippen LogP contribution is 2.12. The second-order valence-corrected chi connectivity index (χ2v) is 4.91. The fraction of sp³-hybridized carbons (Fsp3) is 0.667. The van der Waals surface area contributed by atoms with Crippen LogP contribution in [0.3, 0.4) is 0 Å². The number of aromatic nitrogens is 2. The van der Waals surface area contributed by atoms with E-state index in [0.717, 1.165) is 17.9 Å². The third kappa shape index (κ3) is 2.95. The summed E-state index contributed by atoms with van der Waals surface area (Å²) in [5.74, 6) is 0.763. The van der Waals surface area contributed by atoms with Crippen molar-refractivity contribution in [2.24, 2.45) is 0 Å². The van der Waals surface area contributed by atoms with Gasteiger partial charge in [-0.15, -0.1) is 0 Å². The van der Waals surface area contributed by atoms with Crippen molar-refractivity contribution in [3.63, 3.8) is 0 Å². The van der Waals surface area contributed by atoms with Gasteiger partial charge in [-0.1, -0.05) is 0 Å². The third-order valence-electron chi connectivity index (χ3n) is 2.16. The lowest BCUT2D eigenvalue weighted by Gasteiger charge is -2.13. The zero-order valence-corrected chi connectivity index (χ0v) is 9.17. The van der Waals surface area contributed by atoms with Crippen LogP contribution in [0.4, 0.5) is 0 Å². The Morgan fingerprint density at radius 3 is 2.85 bits per heavy atom. The molecule has 0 saturated carbocycles. The molecule has 0 N–H and O–H groups in total. The molecular formula is C9H16N2OS. The van der Waals surface area contributed by atoms with Gasteiger partial charge >= 0.3 is 0 Å². The molecule has 0 saturated heterocycles. The van der Waals surface area contributed by atoms with E-state index in [1.54, 1.807) is 6.26 Å². The highest BCUT2D eigenvalue weighted by molar-refractivity contribution is 7.84. The van der Waals surface area contributed by atoms with E-state index in [-0.39, 0.29) is 0 Å². The van der Waals surface area contributed by atoms with E-state index >= 15 is 0 Å². The van der Waals surface area contributed by atoms with Crippen LogP contribution in [0, 0.1) is 6.92 Å². The number of aryl methyl sites for hydroxylation is 1. The standard InChI is InChI=1S/C9H16N2OS/c1-8(4-5-13(3)12)11-7-10-6-9(11)2/h6-8H,4-5H2,1-3H3. The Morgan fingerprint density at radius 2 is 2.38 bits per heavy atom. The first-order valence-corrected chi connectivity index (χ1v) is 6.12. The fourth-order valence-corrected chi connectivity index (χ4v) is 1.98. The van der Waals surface area contributed by atoms with E-state index in [9.17, 15) is 4.21 Å². The number of hydrogen-bond donors (Lipinski definition) is 0. The second-order valence-electron chi connectivity index (χ2n) is 3.36. The summed E-state index contributed by atoms with van der Waals surface area (Å²) < 4.78 is 13.0. The van der Waals surface area contributed by atoms with Gasteiger partial charge in [-0.2, -0.15) is 0 Å². The predicted octanol–water partition coefficient (Wildman–Crippen LogP) is 1.52. The van der Waals surface area contributed by atoms with Gasteiger partial charge in [-0.25, -0.2) is 4.98 Å². The quantitative estimate of drug-likeness (QED) is 0.738. The average Bonchev–Trinajstić information content (AvgIpc) is 2.47. The molecule has 74 valence electrons. The Balaban J connectivity index is 2.53. The van der Waals surface area contributed by atoms with E-state index in [1.165, 1.54) is 0 Å². The number of imidazole rings is 1. The highest BCUT2D eigenvalue weighted by Gasteiger charge is 2.06. The van der Waals surface area contributed by atoms with E-state index in [0.29, 0.717) is 6.04 Å². The molecule has 3 nitrogen and oxygen atoms in total. The summed E-state index contributed by atoms with van der Waals surface area (Å²) in [4.78, 5) is 4.06. The van der Waals surface area contributed by atoms with Crippen LogP contribution in [0.15, 0.2) is 12.5 Å². The molecule has 2 unspecified atom stereocenters. The molecule has 1 aromatic heterocycles. The maximum absolute atomic E-state index is 10.9. The fourth-order valence-electron chi connectivity index (χ4n) is 1.31. The average molecular weight is 200 g/mol. The van der Waals surface area contributed by atoms with Crippen molar-refractivity contribution in [1.82, 2.24) is 9.55 Å². The van der Waals surface area contributed by atoms with Gasteiger partial charge in [-0.05, 0) is 20.3 Å². The summed E-state index contributed by atoms with van der Waals surface area (Å²) in [5, 5.41) is 0. The summed E-state index contributed by atoms with van der Waals surface area (Å²) in [5.41, 5.74) is 1.16. The van der Waals surface area contributed by atoms with Crippen molar-refractivity contribution in [2.75, 3.05) is 12.0 Å². The van der Waals surface area contributed by atoms with Crippen LogP contribution >= 0.6 is 0 Å². The molecule has 0 aromatic carbocycles. The van der Waals surface area contributed by atoms with Gasteiger partial charge in [0, 0.05) is 40.7 Å². The van der Waals surface area contributed by atoms with Gasteiger partial charge in [0.25, 0.3) is 0 Å². The maximum Gasteiger partial charge on any atom is 0.0950 e. The van der Waals surface area contributed by atoms with Gasteiger partial charge in [0.1, 0.15) is 0 Å². The smallest absolute Gasteiger partial charge is 0.0950 e. The lowest BCUT2D eigenvalue weighted by Crippen LogP contribution is -2.09. The van der Waals surface area contributed by atoms with Crippen molar-refractivity contribution >= 4 is 10.8 Å². The third-order valence-corrected chi connectivity index (χ3v) is 2.97. The molecule has 4 heteroatoms. The van der Waals surface area contributed by atoms with E-state index in [4.69, 9.17) is 0 Å². The highest BCUT2D eigenvalue weighted by atomic mass is 32.2. The first kappa shape index (κ1) is 10.4. The number of nitrogens with zero attached hydrogens (tertiary/aromatic N) is 2. The van der Waals surface area contributed by atoms with Crippen molar-refractivity contribution in [3.05, 3.63) is 18.2 Å². The molecule has 1 rings (SSSR count). The van der Waals surface area contributed by atoms with Crippen LogP contribution in [0.1, 0.15) is 25.1 Å². The number of hydrogen-bond acceptors (Lipinski definition) is 2. The lowest BCUT2D eigenvalue weighted by atomic mass is 10.2. The SMILES string of the molecule is Cc1cncn1C(C)CCS(C)=O. The summed E-state index contributed by atoms with van der Waals surface area (Å²) in [6, 6.07) is 0.395. The van der Waals surface area contributed by atoms with Crippen molar-refractivity contribution in [2.45, 2.75) is 26.3 Å². The summed E-state index contributed by atoms with van der Waals surface area (Å²) in [6.07, 6.45) is 6.37. The molecule has 2 atom stereocenters. The van der Waals surface area contributed by atoms with Gasteiger partial charge in [0.2, 0.25) is 0 Å². The lowest BCUT2D eigenvalue weighted by molar-refractivity contribution is 0.521. The normalized spacial score (nSPS) is 15.6. The Kier molecular flexibility index (Phi) is 3.66. The van der Waals surface area contributed by atoms with Gasteiger partial charge in [0.15, 0.2) is 0 Å². The second kappa shape index (κ2) is 4.56. The molecule has 0 aliphatic carbocycles. The van der Waals surface area contributed by atoms with Crippen LogP contribution < -0.4 is 0 Å². The zero-order valence-electron chi connectivity index (χ0n) is 8.36. The molecule has 1 aromatic rings. The van der Waals surface area contributed by atoms with E-state index < -0.39 is 10.8 Å². The Labute approximate surface area is 81.6 Å². The zero-order chi connectivity index (χ0) is 9.84. The molecule has 0 aliphatic heterocycles. The molecule has 13 heavy (non-hydrogen) atoms. The van der Waals surface area contributed by atoms with Crippen LogP contribution in [0.25, 0.3) is 0 Å². The molecule has 0 aliphatic rings. The summed E-state index contributed by atoms with van der Waals surface area (Å²) in [6.45, 7) is 4.16. The van der Waals surface area contributed by atoms with Gasteiger partial charge < -0.3 is 4.57 Å². The van der Waals surface area contributed by atoms with Crippen LogP contribution in [0.5, 0.6) is 0 Å². The molecular weight excluding hydrogens is 184 g/mol. The van der Waals surface area contributed by atoms with E-state index in [2.05, 4.69) is 16.5 Å². The summed E-state index contributed by atoms with van der Waals surface area (Å²) >= 11 is 0. The Morgan fingerprint density at radius 1 is 1.69 bits per heavy atom. The van der Waals surface area contributed by atoms with Crippen molar-refractivity contribution in [3.8, 4) is 0 Å². The van der Waals surface area contributed by atoms with Crippen LogP contribution in [0.2, 0.25) is 0 Å². The predicted molar refractivity (Wildman–Crippen MR) is 55.2 cm³/mol. The minimum absolute atomic E-state index is 0.395. The Bertz CT molecular complexity index is 296. The molecule has 0 spiro atoms. The first-order chi connectivity index (χ1) is 6.11. The molecule has 0 bridgehead atoms. The largest absolute Gasteiger partial charge is 0.332 e. The number of rotatable bonds is 4. The van der Waals surface area contributed by atoms with Gasteiger partial charge in [-0.3, -0.25) is 4.21 Å². The minimum Gasteiger partial charge on any atom is -0.332 e. The summed E-state index contributed by atoms with van der Waals surface area (Å²) in [7, 11) is -0.688. The van der Waals surface area contributed by atoms with Crippen molar-refractivity contribution in [1.29, 1.82) is 0 Å². The van der Waals surface area contributed by atoms with E-state index in [1.807, 2.05) is 19.4 Å². The minimum atomic E-state index is -0.688. The molecule has 0 amide bonds. The maximum atomic E-state index is 10.9. The topological polar surface area (TPSA) is 34.9 Å². The molecule has 1 heterocycles. The van der Waals surface area contributed by atoms with Gasteiger partial charge in [0.05, 0.1) is 6.33 Å². The Hall–Kier alpha value is -0.640. The van der Waals surface area contributed by atoms with Crippen LogP contribution in [-0.2, 0) is 10.8 Å². The molecule has 0 radical (unpaired) electrons. The van der Waals surface area contributed by atoms with Crippen molar-refractivity contribution < 1.29 is 4.21 Å². The first-order valence-electron chi connectivity index (χ1n) is 4.39. The molecule has 0 fully saturated rings. The monoisotopic (exact) mass is 200 g/mol. The van der Waals surface area contributed by atoms with Crippen LogP contribution in [-0.4, -0.2) is 25.8 Å².